The third kappa shape index (κ3) is 3.34. The molecular formula is C16H17BrN2OS2. The van der Waals surface area contributed by atoms with E-state index in [4.69, 9.17) is 0 Å². The summed E-state index contributed by atoms with van der Waals surface area (Å²) in [5, 5.41) is 0.136. The molecule has 116 valence electrons. The number of carbonyl (C=O) groups excluding carboxylic acids is 1. The fraction of sp³-hybridized carbons (Fsp3) is 0.312. The van der Waals surface area contributed by atoms with Crippen LogP contribution in [-0.4, -0.2) is 30.7 Å². The van der Waals surface area contributed by atoms with Crippen LogP contribution < -0.4 is 4.90 Å². The minimum absolute atomic E-state index is 0.136. The second-order valence-corrected chi connectivity index (χ2v) is 8.95. The minimum Gasteiger partial charge on any atom is -0.378 e. The highest BCUT2D eigenvalue weighted by Crippen LogP contribution is 2.43. The number of nitrogens with zero attached hydrogens (tertiary/aromatic N) is 2. The van der Waals surface area contributed by atoms with Crippen LogP contribution in [0.1, 0.15) is 15.8 Å². The van der Waals surface area contributed by atoms with Gasteiger partial charge in [-0.05, 0) is 45.8 Å². The van der Waals surface area contributed by atoms with Crippen LogP contribution in [-0.2, 0) is 11.3 Å². The summed E-state index contributed by atoms with van der Waals surface area (Å²) in [7, 11) is 4.06. The summed E-state index contributed by atoms with van der Waals surface area (Å²) in [4.78, 5) is 17.5. The maximum Gasteiger partial charge on any atom is 0.234 e. The Morgan fingerprint density at radius 3 is 2.55 bits per heavy atom. The van der Waals surface area contributed by atoms with Crippen LogP contribution >= 0.6 is 39.0 Å². The van der Waals surface area contributed by atoms with Crippen LogP contribution in [0.4, 0.5) is 5.69 Å². The molecule has 0 radical (unpaired) electrons. The molecule has 1 unspecified atom stereocenters. The molecule has 22 heavy (non-hydrogen) atoms. The third-order valence-corrected chi connectivity index (χ3v) is 6.67. The number of thioether (sulfide) groups is 1. The van der Waals surface area contributed by atoms with Crippen molar-refractivity contribution >= 4 is 50.6 Å². The fourth-order valence-electron chi connectivity index (χ4n) is 2.42. The van der Waals surface area contributed by atoms with E-state index in [1.165, 1.54) is 16.1 Å². The van der Waals surface area contributed by atoms with Gasteiger partial charge in [0.15, 0.2) is 0 Å². The molecule has 2 aromatic rings. The lowest BCUT2D eigenvalue weighted by Gasteiger charge is -2.23. The van der Waals surface area contributed by atoms with Crippen LogP contribution in [0.3, 0.4) is 0 Å². The molecule has 0 aliphatic carbocycles. The van der Waals surface area contributed by atoms with Gasteiger partial charge in [0.25, 0.3) is 0 Å². The highest BCUT2D eigenvalue weighted by molar-refractivity contribution is 9.11. The van der Waals surface area contributed by atoms with Gasteiger partial charge in [-0.15, -0.1) is 23.1 Å². The first-order valence-electron chi connectivity index (χ1n) is 6.97. The van der Waals surface area contributed by atoms with Crippen LogP contribution in [0.25, 0.3) is 0 Å². The average molecular weight is 397 g/mol. The predicted octanol–water partition coefficient (Wildman–Crippen LogP) is 4.35. The molecule has 3 rings (SSSR count). The van der Waals surface area contributed by atoms with Crippen molar-refractivity contribution in [2.45, 2.75) is 11.9 Å². The molecular weight excluding hydrogens is 380 g/mol. The van der Waals surface area contributed by atoms with Crippen molar-refractivity contribution in [2.75, 3.05) is 24.7 Å². The van der Waals surface area contributed by atoms with E-state index in [0.29, 0.717) is 12.3 Å². The molecule has 1 saturated heterocycles. The van der Waals surface area contributed by atoms with Crippen LogP contribution in [0.15, 0.2) is 40.2 Å². The molecule has 0 bridgehead atoms. The van der Waals surface area contributed by atoms with Crippen molar-refractivity contribution in [1.29, 1.82) is 0 Å². The van der Waals surface area contributed by atoms with E-state index >= 15 is 0 Å². The third-order valence-electron chi connectivity index (χ3n) is 3.61. The Labute approximate surface area is 147 Å². The number of thiophene rings is 1. The Morgan fingerprint density at radius 2 is 1.95 bits per heavy atom. The molecule has 1 fully saturated rings. The summed E-state index contributed by atoms with van der Waals surface area (Å²) in [6.45, 7) is 0.666. The van der Waals surface area contributed by atoms with Gasteiger partial charge >= 0.3 is 0 Å². The number of rotatable bonds is 4. The Balaban J connectivity index is 1.78. The van der Waals surface area contributed by atoms with Crippen LogP contribution in [0.5, 0.6) is 0 Å². The monoisotopic (exact) mass is 396 g/mol. The van der Waals surface area contributed by atoms with Gasteiger partial charge in [-0.1, -0.05) is 12.1 Å². The van der Waals surface area contributed by atoms with E-state index < -0.39 is 0 Å². The number of hydrogen-bond acceptors (Lipinski definition) is 4. The molecule has 2 heterocycles. The summed E-state index contributed by atoms with van der Waals surface area (Å²) in [5.74, 6) is 0.784. The van der Waals surface area contributed by atoms with Crippen molar-refractivity contribution < 1.29 is 4.79 Å². The molecule has 1 aromatic heterocycles. The van der Waals surface area contributed by atoms with Gasteiger partial charge in [-0.3, -0.25) is 4.79 Å². The summed E-state index contributed by atoms with van der Waals surface area (Å²) < 4.78 is 1.11. The van der Waals surface area contributed by atoms with E-state index in [9.17, 15) is 4.79 Å². The molecule has 1 aromatic carbocycles. The van der Waals surface area contributed by atoms with Gasteiger partial charge in [0.05, 0.1) is 9.54 Å². The van der Waals surface area contributed by atoms with E-state index in [1.807, 2.05) is 25.1 Å². The number of hydrogen-bond donors (Lipinski definition) is 0. The largest absolute Gasteiger partial charge is 0.378 e. The van der Waals surface area contributed by atoms with Crippen molar-refractivity contribution in [2.24, 2.45) is 0 Å². The van der Waals surface area contributed by atoms with Gasteiger partial charge in [-0.2, -0.15) is 0 Å². The minimum atomic E-state index is 0.136. The second-order valence-electron chi connectivity index (χ2n) is 5.39. The van der Waals surface area contributed by atoms with Crippen molar-refractivity contribution in [3.05, 3.63) is 50.6 Å². The van der Waals surface area contributed by atoms with Crippen molar-refractivity contribution in [3.8, 4) is 0 Å². The maximum atomic E-state index is 12.2. The van der Waals surface area contributed by atoms with Gasteiger partial charge in [0.2, 0.25) is 5.91 Å². The zero-order chi connectivity index (χ0) is 15.7. The van der Waals surface area contributed by atoms with Gasteiger partial charge in [0.1, 0.15) is 5.37 Å². The SMILES string of the molecule is CN(C)c1ccc(CN2C(=O)CSC2c2ccc(Br)s2)cc1. The molecule has 0 saturated carbocycles. The van der Waals surface area contributed by atoms with E-state index in [-0.39, 0.29) is 11.3 Å². The fourth-order valence-corrected chi connectivity index (χ4v) is 5.27. The van der Waals surface area contributed by atoms with Gasteiger partial charge in [0, 0.05) is 31.2 Å². The number of halogens is 1. The summed E-state index contributed by atoms with van der Waals surface area (Å²) in [5.41, 5.74) is 2.34. The van der Waals surface area contributed by atoms with Crippen LogP contribution in [0, 0.1) is 0 Å². The van der Waals surface area contributed by atoms with E-state index in [0.717, 1.165) is 3.79 Å². The average Bonchev–Trinajstić information content (AvgIpc) is 3.07. The number of anilines is 1. The summed E-state index contributed by atoms with van der Waals surface area (Å²) in [6, 6.07) is 12.6. The molecule has 1 atom stereocenters. The summed E-state index contributed by atoms with van der Waals surface area (Å²) >= 11 is 6.92. The first-order valence-corrected chi connectivity index (χ1v) is 9.63. The molecule has 1 amide bonds. The lowest BCUT2D eigenvalue weighted by Crippen LogP contribution is -2.27. The number of carbonyl (C=O) groups is 1. The zero-order valence-electron chi connectivity index (χ0n) is 12.5. The topological polar surface area (TPSA) is 23.6 Å². The number of amides is 1. The predicted molar refractivity (Wildman–Crippen MR) is 98.5 cm³/mol. The van der Waals surface area contributed by atoms with Gasteiger partial charge in [-0.25, -0.2) is 0 Å². The standard InChI is InChI=1S/C16H17BrN2OS2/c1-18(2)12-5-3-11(4-6-12)9-19-15(20)10-21-16(19)13-7-8-14(17)22-13/h3-8,16H,9-10H2,1-2H3. The van der Waals surface area contributed by atoms with E-state index in [2.05, 4.69) is 51.2 Å². The van der Waals surface area contributed by atoms with Crippen molar-refractivity contribution in [3.63, 3.8) is 0 Å². The van der Waals surface area contributed by atoms with Gasteiger partial charge < -0.3 is 9.80 Å². The van der Waals surface area contributed by atoms with Crippen LogP contribution in [0.2, 0.25) is 0 Å². The first-order chi connectivity index (χ1) is 10.5. The quantitative estimate of drug-likeness (QED) is 0.767. The molecule has 1 aliphatic rings. The molecule has 0 spiro atoms. The smallest absolute Gasteiger partial charge is 0.234 e. The highest BCUT2D eigenvalue weighted by atomic mass is 79.9. The Morgan fingerprint density at radius 1 is 1.23 bits per heavy atom. The van der Waals surface area contributed by atoms with Crippen molar-refractivity contribution in [1.82, 2.24) is 4.90 Å². The maximum absolute atomic E-state index is 12.2. The molecule has 1 aliphatic heterocycles. The molecule has 3 nitrogen and oxygen atoms in total. The van der Waals surface area contributed by atoms with E-state index in [1.54, 1.807) is 23.1 Å². The molecule has 0 N–H and O–H groups in total. The summed E-state index contributed by atoms with van der Waals surface area (Å²) in [6.07, 6.45) is 0. The number of benzene rings is 1. The Kier molecular flexibility index (Phi) is 4.80. The second kappa shape index (κ2) is 6.64. The first kappa shape index (κ1) is 15.9. The Hall–Kier alpha value is -0.980. The lowest BCUT2D eigenvalue weighted by molar-refractivity contribution is -0.128. The Bertz CT molecular complexity index is 669. The normalized spacial score (nSPS) is 18.0. The zero-order valence-corrected chi connectivity index (χ0v) is 15.7. The molecule has 6 heteroatoms. The lowest BCUT2D eigenvalue weighted by atomic mass is 10.2. The highest BCUT2D eigenvalue weighted by Gasteiger charge is 2.33.